The van der Waals surface area contributed by atoms with Crippen molar-refractivity contribution in [2.75, 3.05) is 0 Å². The Labute approximate surface area is 205 Å². The average Bonchev–Trinajstić information content (AvgIpc) is 3.05. The molecule has 198 valence electrons. The molecule has 0 aliphatic rings. The highest BCUT2D eigenvalue weighted by Gasteiger charge is 2.47. The standard InChI is InChI=1S/C24H24F8N2OS/c1-21(2,3)36(35)33-20(24(30,31)32)17-12-34(13-22(4,25)26)19-11-14(9-10-16(17)19)15-7-5-6-8-18(15)23(27,28)29/h5-12,20,33H,13H2,1-4H3/t20-,36-/m0/s1. The molecule has 2 aromatic carbocycles. The van der Waals surface area contributed by atoms with Crippen molar-refractivity contribution in [1.82, 2.24) is 9.29 Å². The molecule has 36 heavy (non-hydrogen) atoms. The van der Waals surface area contributed by atoms with E-state index in [0.29, 0.717) is 6.92 Å². The Kier molecular flexibility index (Phi) is 7.48. The topological polar surface area (TPSA) is 40.0 Å². The molecule has 0 aliphatic heterocycles. The molecule has 0 saturated carbocycles. The van der Waals surface area contributed by atoms with Gasteiger partial charge in [-0.15, -0.1) is 4.72 Å². The molecule has 3 aromatic rings. The Morgan fingerprint density at radius 1 is 0.917 bits per heavy atom. The van der Waals surface area contributed by atoms with Gasteiger partial charge < -0.3 is 9.12 Å². The van der Waals surface area contributed by atoms with Gasteiger partial charge in [0.05, 0.1) is 12.1 Å². The van der Waals surface area contributed by atoms with Crippen LogP contribution in [0.3, 0.4) is 0 Å². The summed E-state index contributed by atoms with van der Waals surface area (Å²) in [6.07, 6.45) is -8.78. The third kappa shape index (κ3) is 6.33. The number of halogens is 8. The first kappa shape index (κ1) is 28.3. The van der Waals surface area contributed by atoms with E-state index in [1.807, 2.05) is 0 Å². The Morgan fingerprint density at radius 2 is 1.53 bits per heavy atom. The number of benzene rings is 2. The van der Waals surface area contributed by atoms with Gasteiger partial charge in [-0.2, -0.15) is 26.3 Å². The molecule has 1 heterocycles. The normalized spacial score (nSPS) is 15.4. The van der Waals surface area contributed by atoms with E-state index < -0.39 is 58.1 Å². The van der Waals surface area contributed by atoms with E-state index in [1.165, 1.54) is 45.0 Å². The van der Waals surface area contributed by atoms with Crippen molar-refractivity contribution in [2.24, 2.45) is 0 Å². The van der Waals surface area contributed by atoms with Crippen LogP contribution in [-0.2, 0) is 24.1 Å². The molecule has 3 nitrogen and oxygen atoms in total. The van der Waals surface area contributed by atoms with E-state index in [9.17, 15) is 39.7 Å². The summed E-state index contributed by atoms with van der Waals surface area (Å²) in [4.78, 5) is 0. The summed E-state index contributed by atoms with van der Waals surface area (Å²) in [5.41, 5.74) is -1.80. The van der Waals surface area contributed by atoms with Crippen molar-refractivity contribution in [3.63, 3.8) is 0 Å². The van der Waals surface area contributed by atoms with Crippen LogP contribution in [-0.4, -0.2) is 26.0 Å². The Bertz CT molecular complexity index is 1220. The number of hydrogen-bond acceptors (Lipinski definition) is 2. The third-order valence-corrected chi connectivity index (χ3v) is 6.89. The molecular weight excluding hydrogens is 516 g/mol. The highest BCUT2D eigenvalue weighted by molar-refractivity contribution is 7.90. The molecule has 0 aliphatic carbocycles. The summed E-state index contributed by atoms with van der Waals surface area (Å²) in [6, 6.07) is 5.66. The summed E-state index contributed by atoms with van der Waals surface area (Å²) < 4.78 is 125. The Morgan fingerprint density at radius 3 is 2.06 bits per heavy atom. The summed E-state index contributed by atoms with van der Waals surface area (Å²) in [6.45, 7) is 3.97. The van der Waals surface area contributed by atoms with E-state index in [2.05, 4.69) is 4.72 Å². The van der Waals surface area contributed by atoms with Gasteiger partial charge in [0.1, 0.15) is 4.75 Å². The average molecular weight is 541 g/mol. The second-order valence-corrected chi connectivity index (χ2v) is 11.5. The number of alkyl halides is 8. The Hall–Kier alpha value is -2.31. The lowest BCUT2D eigenvalue weighted by molar-refractivity contribution is -0.152. The highest BCUT2D eigenvalue weighted by Crippen LogP contribution is 2.42. The van der Waals surface area contributed by atoms with Crippen LogP contribution in [0.15, 0.2) is 48.7 Å². The molecule has 0 amide bonds. The molecule has 0 bridgehead atoms. The van der Waals surface area contributed by atoms with Gasteiger partial charge in [0, 0.05) is 40.9 Å². The van der Waals surface area contributed by atoms with E-state index in [4.69, 9.17) is 0 Å². The van der Waals surface area contributed by atoms with E-state index >= 15 is 0 Å². The van der Waals surface area contributed by atoms with Crippen LogP contribution in [0.5, 0.6) is 0 Å². The molecule has 1 N–H and O–H groups in total. The zero-order chi connectivity index (χ0) is 27.3. The van der Waals surface area contributed by atoms with Gasteiger partial charge in [0.15, 0.2) is 6.04 Å². The fraction of sp³-hybridized carbons (Fsp3) is 0.417. The molecule has 0 saturated heterocycles. The molecule has 12 heteroatoms. The number of hydrogen-bond donors (Lipinski definition) is 1. The van der Waals surface area contributed by atoms with Crippen molar-refractivity contribution in [3.8, 4) is 11.1 Å². The van der Waals surface area contributed by atoms with Crippen LogP contribution >= 0.6 is 0 Å². The molecule has 0 spiro atoms. The van der Waals surface area contributed by atoms with Crippen LogP contribution in [0.4, 0.5) is 35.1 Å². The van der Waals surface area contributed by atoms with Crippen molar-refractivity contribution in [3.05, 3.63) is 59.8 Å². The van der Waals surface area contributed by atoms with Gasteiger partial charge in [-0.1, -0.05) is 30.3 Å². The van der Waals surface area contributed by atoms with Crippen molar-refractivity contribution in [1.29, 1.82) is 0 Å². The Balaban J connectivity index is 2.25. The molecule has 1 aromatic heterocycles. The van der Waals surface area contributed by atoms with Gasteiger partial charge in [-0.05, 0) is 44.0 Å². The number of rotatable bonds is 6. The van der Waals surface area contributed by atoms with Crippen molar-refractivity contribution in [2.45, 2.75) is 63.3 Å². The molecule has 3 rings (SSSR count). The summed E-state index contributed by atoms with van der Waals surface area (Å²) >= 11 is -2.17. The second-order valence-electron chi connectivity index (χ2n) is 9.53. The molecule has 0 radical (unpaired) electrons. The monoisotopic (exact) mass is 540 g/mol. The van der Waals surface area contributed by atoms with E-state index in [1.54, 1.807) is 0 Å². The maximum Gasteiger partial charge on any atom is 0.417 e. The fourth-order valence-corrected chi connectivity index (χ4v) is 4.55. The molecule has 0 fully saturated rings. The SMILES string of the molecule is CC(F)(F)Cn1cc([C@H](N[S@@+]([O-])C(C)(C)C)C(F)(F)F)c2ccc(-c3ccccc3C(F)(F)F)cc21. The maximum atomic E-state index is 14.1. The predicted octanol–water partition coefficient (Wildman–Crippen LogP) is 7.64. The smallest absolute Gasteiger partial charge is 0.417 e. The molecule has 2 atom stereocenters. The van der Waals surface area contributed by atoms with Gasteiger partial charge in [0.25, 0.3) is 5.92 Å². The van der Waals surface area contributed by atoms with Crippen LogP contribution in [0.1, 0.15) is 44.9 Å². The van der Waals surface area contributed by atoms with Gasteiger partial charge >= 0.3 is 12.4 Å². The fourth-order valence-electron chi connectivity index (χ4n) is 3.72. The number of aromatic nitrogens is 1. The summed E-state index contributed by atoms with van der Waals surface area (Å²) in [7, 11) is 0. The largest absolute Gasteiger partial charge is 0.598 e. The van der Waals surface area contributed by atoms with Crippen LogP contribution < -0.4 is 4.72 Å². The van der Waals surface area contributed by atoms with Gasteiger partial charge in [0.2, 0.25) is 0 Å². The predicted molar refractivity (Wildman–Crippen MR) is 123 cm³/mol. The van der Waals surface area contributed by atoms with Crippen LogP contribution in [0.25, 0.3) is 22.0 Å². The molecular formula is C24H24F8N2OS. The van der Waals surface area contributed by atoms with Crippen LogP contribution in [0, 0.1) is 0 Å². The van der Waals surface area contributed by atoms with E-state index in [0.717, 1.165) is 29.0 Å². The quantitative estimate of drug-likeness (QED) is 0.258. The third-order valence-electron chi connectivity index (χ3n) is 5.32. The van der Waals surface area contributed by atoms with Crippen molar-refractivity contribution >= 4 is 22.3 Å². The van der Waals surface area contributed by atoms with E-state index in [-0.39, 0.29) is 22.0 Å². The zero-order valence-electron chi connectivity index (χ0n) is 19.7. The van der Waals surface area contributed by atoms with Crippen molar-refractivity contribution < 1.29 is 39.7 Å². The first-order valence-electron chi connectivity index (χ1n) is 10.7. The minimum atomic E-state index is -4.95. The number of fused-ring (bicyclic) bond motifs is 1. The summed E-state index contributed by atoms with van der Waals surface area (Å²) in [5.74, 6) is -3.33. The minimum Gasteiger partial charge on any atom is -0.598 e. The summed E-state index contributed by atoms with van der Waals surface area (Å²) in [5, 5.41) is -0.103. The first-order chi connectivity index (χ1) is 16.3. The lowest BCUT2D eigenvalue weighted by Gasteiger charge is -2.29. The van der Waals surface area contributed by atoms with Crippen LogP contribution in [0.2, 0.25) is 0 Å². The van der Waals surface area contributed by atoms with Gasteiger partial charge in [-0.3, -0.25) is 0 Å². The maximum absolute atomic E-state index is 14.1. The first-order valence-corrected chi connectivity index (χ1v) is 11.9. The zero-order valence-corrected chi connectivity index (χ0v) is 20.5. The van der Waals surface area contributed by atoms with Gasteiger partial charge in [-0.25, -0.2) is 8.78 Å². The lowest BCUT2D eigenvalue weighted by Crippen LogP contribution is -2.45. The molecule has 0 unspecified atom stereocenters. The number of nitrogens with zero attached hydrogens (tertiary/aromatic N) is 1. The highest BCUT2D eigenvalue weighted by atomic mass is 32.2. The minimum absolute atomic E-state index is 0.00414. The second kappa shape index (κ2) is 9.53. The lowest BCUT2D eigenvalue weighted by atomic mass is 9.97. The number of nitrogens with one attached hydrogen (secondary N) is 1.